The van der Waals surface area contributed by atoms with E-state index < -0.39 is 0 Å². The molecule has 1 aromatic rings. The summed E-state index contributed by atoms with van der Waals surface area (Å²) in [4.78, 5) is 12.0. The predicted octanol–water partition coefficient (Wildman–Crippen LogP) is 2.08. The fourth-order valence-corrected chi connectivity index (χ4v) is 1.82. The van der Waals surface area contributed by atoms with E-state index in [9.17, 15) is 4.79 Å². The van der Waals surface area contributed by atoms with Gasteiger partial charge in [0.15, 0.2) is 0 Å². The molecular formula is C13H22N2O2. The maximum Gasteiger partial charge on any atom is 0.224 e. The number of nitrogens with two attached hydrogens (primary N) is 1. The number of hydrogen-bond acceptors (Lipinski definition) is 3. The summed E-state index contributed by atoms with van der Waals surface area (Å²) in [6.07, 6.45) is 2.42. The third kappa shape index (κ3) is 4.23. The molecule has 0 aliphatic carbocycles. The normalized spacial score (nSPS) is 14.6. The summed E-state index contributed by atoms with van der Waals surface area (Å²) in [7, 11) is 0. The van der Waals surface area contributed by atoms with Crippen molar-refractivity contribution in [3.05, 3.63) is 24.2 Å². The van der Waals surface area contributed by atoms with Crippen molar-refractivity contribution in [2.45, 2.75) is 33.2 Å². The summed E-state index contributed by atoms with van der Waals surface area (Å²) in [5.74, 6) is 1.12. The Labute approximate surface area is 103 Å². The standard InChI is InChI=1S/C13H22N2O2/c1-9(2)7-11(8-14)13(16)15-10(3)12-5-4-6-17-12/h4-6,9-11H,7-8,14H2,1-3H3,(H,15,16). The van der Waals surface area contributed by atoms with Crippen LogP contribution >= 0.6 is 0 Å². The third-order valence-corrected chi connectivity index (χ3v) is 2.74. The molecule has 1 aromatic heterocycles. The highest BCUT2D eigenvalue weighted by molar-refractivity contribution is 5.79. The molecular weight excluding hydrogens is 216 g/mol. The molecule has 0 fully saturated rings. The number of rotatable bonds is 6. The van der Waals surface area contributed by atoms with Gasteiger partial charge in [0, 0.05) is 6.54 Å². The quantitative estimate of drug-likeness (QED) is 0.797. The minimum Gasteiger partial charge on any atom is -0.467 e. The van der Waals surface area contributed by atoms with Gasteiger partial charge in [0.25, 0.3) is 0 Å². The van der Waals surface area contributed by atoms with Crippen molar-refractivity contribution in [2.24, 2.45) is 17.6 Å². The lowest BCUT2D eigenvalue weighted by Crippen LogP contribution is -2.37. The molecule has 1 rings (SSSR count). The van der Waals surface area contributed by atoms with Gasteiger partial charge in [-0.2, -0.15) is 0 Å². The summed E-state index contributed by atoms with van der Waals surface area (Å²) in [6, 6.07) is 3.55. The van der Waals surface area contributed by atoms with Crippen LogP contribution in [0.4, 0.5) is 0 Å². The van der Waals surface area contributed by atoms with Gasteiger partial charge < -0.3 is 15.5 Å². The van der Waals surface area contributed by atoms with E-state index in [2.05, 4.69) is 19.2 Å². The summed E-state index contributed by atoms with van der Waals surface area (Å²) >= 11 is 0. The Hall–Kier alpha value is -1.29. The van der Waals surface area contributed by atoms with E-state index in [1.54, 1.807) is 6.26 Å². The largest absolute Gasteiger partial charge is 0.467 e. The molecule has 1 amide bonds. The molecule has 0 aliphatic rings. The molecule has 1 heterocycles. The Kier molecular flexibility index (Phi) is 5.22. The van der Waals surface area contributed by atoms with E-state index in [1.165, 1.54) is 0 Å². The van der Waals surface area contributed by atoms with Gasteiger partial charge in [-0.15, -0.1) is 0 Å². The maximum absolute atomic E-state index is 12.0. The second-order valence-electron chi connectivity index (χ2n) is 4.81. The Morgan fingerprint density at radius 3 is 2.65 bits per heavy atom. The lowest BCUT2D eigenvalue weighted by molar-refractivity contribution is -0.126. The van der Waals surface area contributed by atoms with Gasteiger partial charge in [-0.1, -0.05) is 13.8 Å². The van der Waals surface area contributed by atoms with Crippen LogP contribution in [-0.4, -0.2) is 12.5 Å². The van der Waals surface area contributed by atoms with Crippen molar-refractivity contribution < 1.29 is 9.21 Å². The number of carbonyl (C=O) groups excluding carboxylic acids is 1. The van der Waals surface area contributed by atoms with Crippen LogP contribution in [-0.2, 0) is 4.79 Å². The summed E-state index contributed by atoms with van der Waals surface area (Å²) in [5, 5.41) is 2.93. The van der Waals surface area contributed by atoms with Crippen molar-refractivity contribution in [3.8, 4) is 0 Å². The Bertz CT molecular complexity index is 333. The molecule has 2 atom stereocenters. The van der Waals surface area contributed by atoms with E-state index in [1.807, 2.05) is 19.1 Å². The molecule has 4 heteroatoms. The molecule has 96 valence electrons. The molecule has 0 spiro atoms. The summed E-state index contributed by atoms with van der Waals surface area (Å²) in [5.41, 5.74) is 5.63. The summed E-state index contributed by atoms with van der Waals surface area (Å²) in [6.45, 7) is 6.46. The van der Waals surface area contributed by atoms with Crippen LogP contribution in [0.25, 0.3) is 0 Å². The van der Waals surface area contributed by atoms with Crippen LogP contribution < -0.4 is 11.1 Å². The topological polar surface area (TPSA) is 68.3 Å². The smallest absolute Gasteiger partial charge is 0.224 e. The van der Waals surface area contributed by atoms with Gasteiger partial charge in [-0.3, -0.25) is 4.79 Å². The SMILES string of the molecule is CC(C)CC(CN)C(=O)NC(C)c1ccco1. The van der Waals surface area contributed by atoms with Gasteiger partial charge in [0.05, 0.1) is 18.2 Å². The van der Waals surface area contributed by atoms with Gasteiger partial charge in [0.1, 0.15) is 5.76 Å². The molecule has 0 bridgehead atoms. The lowest BCUT2D eigenvalue weighted by atomic mass is 9.96. The highest BCUT2D eigenvalue weighted by Crippen LogP contribution is 2.15. The third-order valence-electron chi connectivity index (χ3n) is 2.74. The molecule has 0 saturated carbocycles. The van der Waals surface area contributed by atoms with E-state index >= 15 is 0 Å². The minimum atomic E-state index is -0.118. The fraction of sp³-hybridized carbons (Fsp3) is 0.615. The second-order valence-corrected chi connectivity index (χ2v) is 4.81. The van der Waals surface area contributed by atoms with E-state index in [4.69, 9.17) is 10.2 Å². The second kappa shape index (κ2) is 6.45. The first-order valence-corrected chi connectivity index (χ1v) is 6.08. The van der Waals surface area contributed by atoms with Crippen LogP contribution in [0.1, 0.15) is 39.0 Å². The molecule has 0 saturated heterocycles. The molecule has 4 nitrogen and oxygen atoms in total. The highest BCUT2D eigenvalue weighted by atomic mass is 16.3. The zero-order valence-corrected chi connectivity index (χ0v) is 10.8. The van der Waals surface area contributed by atoms with Crippen LogP contribution in [0.5, 0.6) is 0 Å². The van der Waals surface area contributed by atoms with Crippen LogP contribution in [0.15, 0.2) is 22.8 Å². The number of amides is 1. The average molecular weight is 238 g/mol. The van der Waals surface area contributed by atoms with Crippen molar-refractivity contribution in [1.29, 1.82) is 0 Å². The molecule has 0 aliphatic heterocycles. The average Bonchev–Trinajstić information content (AvgIpc) is 2.78. The van der Waals surface area contributed by atoms with Crippen LogP contribution in [0, 0.1) is 11.8 Å². The van der Waals surface area contributed by atoms with E-state index in [0.717, 1.165) is 12.2 Å². The number of nitrogens with one attached hydrogen (secondary N) is 1. The Morgan fingerprint density at radius 1 is 1.47 bits per heavy atom. The van der Waals surface area contributed by atoms with E-state index in [-0.39, 0.29) is 17.9 Å². The Balaban J connectivity index is 2.52. The highest BCUT2D eigenvalue weighted by Gasteiger charge is 2.20. The van der Waals surface area contributed by atoms with Gasteiger partial charge in [-0.25, -0.2) is 0 Å². The molecule has 0 aromatic carbocycles. The first-order valence-electron chi connectivity index (χ1n) is 6.08. The van der Waals surface area contributed by atoms with Crippen molar-refractivity contribution in [1.82, 2.24) is 5.32 Å². The van der Waals surface area contributed by atoms with Gasteiger partial charge >= 0.3 is 0 Å². The van der Waals surface area contributed by atoms with Crippen molar-refractivity contribution >= 4 is 5.91 Å². The van der Waals surface area contributed by atoms with Crippen LogP contribution in [0.3, 0.4) is 0 Å². The van der Waals surface area contributed by atoms with Crippen molar-refractivity contribution in [3.63, 3.8) is 0 Å². The van der Waals surface area contributed by atoms with Gasteiger partial charge in [-0.05, 0) is 31.4 Å². The molecule has 0 radical (unpaired) electrons. The first-order chi connectivity index (χ1) is 8.04. The van der Waals surface area contributed by atoms with Gasteiger partial charge in [0.2, 0.25) is 5.91 Å². The molecule has 17 heavy (non-hydrogen) atoms. The fourth-order valence-electron chi connectivity index (χ4n) is 1.82. The maximum atomic E-state index is 12.0. The molecule has 3 N–H and O–H groups in total. The minimum absolute atomic E-state index is 0.00472. The van der Waals surface area contributed by atoms with Crippen LogP contribution in [0.2, 0.25) is 0 Å². The zero-order valence-electron chi connectivity index (χ0n) is 10.8. The number of hydrogen-bond donors (Lipinski definition) is 2. The number of furan rings is 1. The van der Waals surface area contributed by atoms with Crippen molar-refractivity contribution in [2.75, 3.05) is 6.54 Å². The van der Waals surface area contributed by atoms with E-state index in [0.29, 0.717) is 12.5 Å². The zero-order chi connectivity index (χ0) is 12.8. The predicted molar refractivity (Wildman–Crippen MR) is 67.3 cm³/mol. The number of carbonyl (C=O) groups is 1. The first kappa shape index (κ1) is 13.8. The lowest BCUT2D eigenvalue weighted by Gasteiger charge is -2.19. The monoisotopic (exact) mass is 238 g/mol. The molecule has 2 unspecified atom stereocenters. The summed E-state index contributed by atoms with van der Waals surface area (Å²) < 4.78 is 5.24. The Morgan fingerprint density at radius 2 is 2.18 bits per heavy atom.